The summed E-state index contributed by atoms with van der Waals surface area (Å²) in [5, 5.41) is 44.3. The van der Waals surface area contributed by atoms with E-state index >= 15 is 0 Å². The molecule has 5 nitrogen and oxygen atoms in total. The van der Waals surface area contributed by atoms with Gasteiger partial charge in [0.15, 0.2) is 0 Å². The molecule has 0 radical (unpaired) electrons. The van der Waals surface area contributed by atoms with Gasteiger partial charge in [0.25, 0.3) is 0 Å². The second-order valence-electron chi connectivity index (χ2n) is 9.76. The first kappa shape index (κ1) is 18.6. The molecule has 0 bridgehead atoms. The van der Waals surface area contributed by atoms with E-state index in [1.165, 1.54) is 6.92 Å². The fourth-order valence-electron chi connectivity index (χ4n) is 7.34. The monoisotopic (exact) mass is 364 g/mol. The van der Waals surface area contributed by atoms with Crippen molar-refractivity contribution in [2.75, 3.05) is 0 Å². The van der Waals surface area contributed by atoms with E-state index in [0.717, 1.165) is 12.0 Å². The van der Waals surface area contributed by atoms with Crippen molar-refractivity contribution in [3.05, 3.63) is 11.6 Å². The number of hydrogen-bond acceptors (Lipinski definition) is 5. The second-order valence-corrected chi connectivity index (χ2v) is 9.76. The highest BCUT2D eigenvalue weighted by Crippen LogP contribution is 2.67. The van der Waals surface area contributed by atoms with Crippen molar-refractivity contribution in [3.8, 4) is 0 Å². The molecule has 3 saturated carbocycles. The van der Waals surface area contributed by atoms with Gasteiger partial charge in [0.1, 0.15) is 5.78 Å². The molecule has 0 spiro atoms. The van der Waals surface area contributed by atoms with Crippen molar-refractivity contribution >= 4 is 5.78 Å². The Kier molecular flexibility index (Phi) is 4.03. The van der Waals surface area contributed by atoms with Crippen LogP contribution in [0, 0.1) is 28.6 Å². The summed E-state index contributed by atoms with van der Waals surface area (Å²) in [6, 6.07) is 0. The van der Waals surface area contributed by atoms with E-state index in [0.29, 0.717) is 32.1 Å². The van der Waals surface area contributed by atoms with Gasteiger partial charge in [-0.25, -0.2) is 0 Å². The standard InChI is InChI=1S/C21H32O5/c1-11(22)14-7-9-21(26)15-5-4-12-10-13(23)6-8-19(12,2)16(15)17(24)18(25)20(14,21)3/h4,13-18,23-26H,5-10H2,1-3H3/t13-,14-,15+,16-,17-,18+,19-,20-,21-/m0/s1. The van der Waals surface area contributed by atoms with Crippen molar-refractivity contribution in [2.45, 2.75) is 83.2 Å². The Morgan fingerprint density at radius 3 is 2.50 bits per heavy atom. The highest BCUT2D eigenvalue weighted by molar-refractivity contribution is 5.80. The van der Waals surface area contributed by atoms with Gasteiger partial charge in [0, 0.05) is 17.3 Å². The number of allylic oxidation sites excluding steroid dienone is 1. The number of rotatable bonds is 1. The van der Waals surface area contributed by atoms with E-state index in [1.54, 1.807) is 6.92 Å². The van der Waals surface area contributed by atoms with Crippen LogP contribution in [0.1, 0.15) is 59.3 Å². The van der Waals surface area contributed by atoms with Gasteiger partial charge in [-0.05, 0) is 56.8 Å². The minimum atomic E-state index is -1.16. The Balaban J connectivity index is 1.82. The van der Waals surface area contributed by atoms with E-state index in [2.05, 4.69) is 13.0 Å². The van der Waals surface area contributed by atoms with Gasteiger partial charge in [-0.15, -0.1) is 0 Å². The lowest BCUT2D eigenvalue weighted by Crippen LogP contribution is -2.71. The summed E-state index contributed by atoms with van der Waals surface area (Å²) < 4.78 is 0. The molecular weight excluding hydrogens is 332 g/mol. The average molecular weight is 364 g/mol. The summed E-state index contributed by atoms with van der Waals surface area (Å²) in [5.41, 5.74) is -1.35. The fourth-order valence-corrected chi connectivity index (χ4v) is 7.34. The molecule has 0 heterocycles. The first-order valence-electron chi connectivity index (χ1n) is 10.0. The summed E-state index contributed by atoms with van der Waals surface area (Å²) >= 11 is 0. The Hall–Kier alpha value is -0.750. The molecule has 3 fully saturated rings. The largest absolute Gasteiger partial charge is 0.393 e. The van der Waals surface area contributed by atoms with Crippen molar-refractivity contribution < 1.29 is 25.2 Å². The SMILES string of the molecule is CC(=O)[C@@H]1CC[C@]2(O)[C@@H]3CC=C4C[C@@H](O)CC[C@]4(C)[C@@H]3[C@H](O)[C@@H](O)[C@]12C. The molecule has 4 N–H and O–H groups in total. The summed E-state index contributed by atoms with van der Waals surface area (Å²) in [4.78, 5) is 12.2. The molecule has 4 aliphatic rings. The van der Waals surface area contributed by atoms with E-state index in [9.17, 15) is 25.2 Å². The third-order valence-electron chi connectivity index (χ3n) is 8.85. The zero-order chi connectivity index (χ0) is 19.1. The molecule has 0 unspecified atom stereocenters. The highest BCUT2D eigenvalue weighted by Gasteiger charge is 2.72. The molecule has 5 heteroatoms. The first-order valence-corrected chi connectivity index (χ1v) is 10.0. The molecule has 0 aromatic heterocycles. The van der Waals surface area contributed by atoms with Crippen molar-refractivity contribution in [1.29, 1.82) is 0 Å². The summed E-state index contributed by atoms with van der Waals surface area (Å²) in [6.07, 6.45) is 3.38. The summed E-state index contributed by atoms with van der Waals surface area (Å²) in [7, 11) is 0. The van der Waals surface area contributed by atoms with Crippen LogP contribution < -0.4 is 0 Å². The predicted molar refractivity (Wildman–Crippen MR) is 96.1 cm³/mol. The number of fused-ring (bicyclic) bond motifs is 5. The van der Waals surface area contributed by atoms with Crippen LogP contribution in [-0.2, 0) is 4.79 Å². The number of Topliss-reactive ketones (excluding diaryl/α,β-unsaturated/α-hetero) is 1. The Labute approximate surface area is 155 Å². The van der Waals surface area contributed by atoms with Gasteiger partial charge in [-0.2, -0.15) is 0 Å². The first-order chi connectivity index (χ1) is 12.1. The van der Waals surface area contributed by atoms with E-state index in [4.69, 9.17) is 0 Å². The maximum Gasteiger partial charge on any atom is 0.133 e. The van der Waals surface area contributed by atoms with Crippen LogP contribution in [0.15, 0.2) is 11.6 Å². The normalized spacial score (nSPS) is 56.2. The van der Waals surface area contributed by atoms with E-state index in [-0.39, 0.29) is 29.1 Å². The number of aliphatic hydroxyl groups excluding tert-OH is 3. The van der Waals surface area contributed by atoms with Gasteiger partial charge >= 0.3 is 0 Å². The smallest absolute Gasteiger partial charge is 0.133 e. The molecular formula is C21H32O5. The number of carbonyl (C=O) groups excluding carboxylic acids is 1. The van der Waals surface area contributed by atoms with Crippen LogP contribution in [-0.4, -0.2) is 50.1 Å². The third kappa shape index (κ3) is 2.03. The lowest BCUT2D eigenvalue weighted by atomic mass is 9.44. The summed E-state index contributed by atoms with van der Waals surface area (Å²) in [6.45, 7) is 5.43. The second kappa shape index (κ2) is 5.63. The van der Waals surface area contributed by atoms with E-state index < -0.39 is 29.1 Å². The highest BCUT2D eigenvalue weighted by atomic mass is 16.3. The van der Waals surface area contributed by atoms with Gasteiger partial charge in [-0.1, -0.05) is 25.5 Å². The lowest BCUT2D eigenvalue weighted by molar-refractivity contribution is -0.263. The molecule has 0 aliphatic heterocycles. The van der Waals surface area contributed by atoms with Crippen LogP contribution in [0.2, 0.25) is 0 Å². The average Bonchev–Trinajstić information content (AvgIpc) is 2.86. The predicted octanol–water partition coefficient (Wildman–Crippen LogP) is 1.57. The Morgan fingerprint density at radius 2 is 1.85 bits per heavy atom. The van der Waals surface area contributed by atoms with Crippen molar-refractivity contribution in [1.82, 2.24) is 0 Å². The lowest BCUT2D eigenvalue weighted by Gasteiger charge is -2.64. The molecule has 4 aliphatic carbocycles. The molecule has 0 aromatic carbocycles. The van der Waals surface area contributed by atoms with Crippen LogP contribution in [0.3, 0.4) is 0 Å². The van der Waals surface area contributed by atoms with Gasteiger partial charge in [0.2, 0.25) is 0 Å². The molecule has 0 aromatic rings. The molecule has 26 heavy (non-hydrogen) atoms. The van der Waals surface area contributed by atoms with Gasteiger partial charge in [0.05, 0.1) is 23.9 Å². The van der Waals surface area contributed by atoms with Crippen LogP contribution >= 0.6 is 0 Å². The maximum absolute atomic E-state index is 12.2. The van der Waals surface area contributed by atoms with Crippen LogP contribution in [0.4, 0.5) is 0 Å². The minimum Gasteiger partial charge on any atom is -0.393 e. The molecule has 146 valence electrons. The fraction of sp³-hybridized carbons (Fsp3) is 0.857. The quantitative estimate of drug-likeness (QED) is 0.530. The Morgan fingerprint density at radius 1 is 1.15 bits per heavy atom. The molecule has 9 atom stereocenters. The zero-order valence-corrected chi connectivity index (χ0v) is 16.0. The van der Waals surface area contributed by atoms with Gasteiger partial charge < -0.3 is 20.4 Å². The molecule has 4 rings (SSSR count). The topological polar surface area (TPSA) is 98.0 Å². The van der Waals surface area contributed by atoms with Crippen LogP contribution in [0.25, 0.3) is 0 Å². The zero-order valence-electron chi connectivity index (χ0n) is 16.0. The minimum absolute atomic E-state index is 0.0211. The molecule has 0 amide bonds. The Bertz CT molecular complexity index is 659. The third-order valence-corrected chi connectivity index (χ3v) is 8.85. The van der Waals surface area contributed by atoms with E-state index in [1.807, 2.05) is 0 Å². The van der Waals surface area contributed by atoms with Crippen LogP contribution in [0.5, 0.6) is 0 Å². The number of ketones is 1. The number of aliphatic hydroxyl groups is 4. The van der Waals surface area contributed by atoms with Gasteiger partial charge in [-0.3, -0.25) is 4.79 Å². The number of carbonyl (C=O) groups is 1. The van der Waals surface area contributed by atoms with Crippen molar-refractivity contribution in [2.24, 2.45) is 28.6 Å². The van der Waals surface area contributed by atoms with Crippen molar-refractivity contribution in [3.63, 3.8) is 0 Å². The molecule has 0 saturated heterocycles. The number of hydrogen-bond donors (Lipinski definition) is 4. The maximum atomic E-state index is 12.2. The summed E-state index contributed by atoms with van der Waals surface area (Å²) in [5.74, 6) is -0.885.